The second-order valence-corrected chi connectivity index (χ2v) is 4.22. The van der Waals surface area contributed by atoms with Crippen molar-refractivity contribution in [1.82, 2.24) is 4.90 Å². The molecule has 82 valence electrons. The molecule has 2 aliphatic heterocycles. The quantitative estimate of drug-likeness (QED) is 0.654. The molecule has 2 fully saturated rings. The Morgan fingerprint density at radius 2 is 1.93 bits per heavy atom. The average molecular weight is 209 g/mol. The molecule has 2 saturated heterocycles. The average Bonchev–Trinajstić information content (AvgIpc) is 2.45. The minimum absolute atomic E-state index is 0.166. The van der Waals surface area contributed by atoms with Gasteiger partial charge in [0.1, 0.15) is 0 Å². The highest BCUT2D eigenvalue weighted by molar-refractivity contribution is 5.05. The van der Waals surface area contributed by atoms with E-state index in [1.807, 2.05) is 0 Å². The summed E-state index contributed by atoms with van der Waals surface area (Å²) in [6.07, 6.45) is -2.44. The molecule has 0 aromatic rings. The number of rotatable bonds is 0. The summed E-state index contributed by atoms with van der Waals surface area (Å²) >= 11 is 0. The van der Waals surface area contributed by atoms with Gasteiger partial charge in [0.05, 0.1) is 0 Å². The summed E-state index contributed by atoms with van der Waals surface area (Å²) in [6, 6.07) is -0.698. The number of aliphatic hydroxyl groups is 1. The van der Waals surface area contributed by atoms with E-state index >= 15 is 0 Å². The molecule has 2 atom stereocenters. The third-order valence-corrected chi connectivity index (χ3v) is 3.44. The van der Waals surface area contributed by atoms with Crippen molar-refractivity contribution in [2.75, 3.05) is 13.1 Å². The molecule has 0 radical (unpaired) electrons. The zero-order chi connectivity index (χ0) is 10.4. The van der Waals surface area contributed by atoms with Crippen LogP contribution in [0.3, 0.4) is 0 Å². The molecule has 2 rings (SSSR count). The Balaban J connectivity index is 2.21. The van der Waals surface area contributed by atoms with Crippen LogP contribution in [-0.4, -0.2) is 40.9 Å². The predicted molar refractivity (Wildman–Crippen MR) is 44.8 cm³/mol. The zero-order valence-corrected chi connectivity index (χ0v) is 7.85. The van der Waals surface area contributed by atoms with Gasteiger partial charge in [-0.1, -0.05) is 6.42 Å². The second kappa shape index (κ2) is 3.10. The maximum absolute atomic E-state index is 12.6. The van der Waals surface area contributed by atoms with Crippen molar-refractivity contribution in [3.63, 3.8) is 0 Å². The minimum Gasteiger partial charge on any atom is -0.379 e. The lowest BCUT2D eigenvalue weighted by atomic mass is 9.88. The predicted octanol–water partition coefficient (Wildman–Crippen LogP) is 1.54. The van der Waals surface area contributed by atoms with Crippen LogP contribution in [0.5, 0.6) is 0 Å². The number of hydrogen-bond donors (Lipinski definition) is 1. The summed E-state index contributed by atoms with van der Waals surface area (Å²) in [7, 11) is 0. The molecule has 0 aromatic carbocycles. The molecule has 1 N–H and O–H groups in total. The Kier molecular flexibility index (Phi) is 2.27. The Hall–Kier alpha value is -0.290. The van der Waals surface area contributed by atoms with Gasteiger partial charge in [0.2, 0.25) is 0 Å². The SMILES string of the molecule is OC1(C(F)(F)F)CCN2CCCCC21. The van der Waals surface area contributed by atoms with E-state index in [0.717, 1.165) is 12.8 Å². The van der Waals surface area contributed by atoms with Gasteiger partial charge in [-0.3, -0.25) is 4.90 Å². The Bertz CT molecular complexity index is 231. The maximum atomic E-state index is 12.6. The van der Waals surface area contributed by atoms with Gasteiger partial charge >= 0.3 is 6.18 Å². The Morgan fingerprint density at radius 1 is 1.21 bits per heavy atom. The summed E-state index contributed by atoms with van der Waals surface area (Å²) in [6.45, 7) is 1.07. The van der Waals surface area contributed by atoms with E-state index in [-0.39, 0.29) is 6.42 Å². The van der Waals surface area contributed by atoms with Crippen LogP contribution in [0.4, 0.5) is 13.2 Å². The molecule has 14 heavy (non-hydrogen) atoms. The largest absolute Gasteiger partial charge is 0.418 e. The van der Waals surface area contributed by atoms with E-state index < -0.39 is 17.8 Å². The lowest BCUT2D eigenvalue weighted by Crippen LogP contribution is -2.55. The summed E-state index contributed by atoms with van der Waals surface area (Å²) in [4.78, 5) is 1.77. The summed E-state index contributed by atoms with van der Waals surface area (Å²) in [5, 5.41) is 9.66. The lowest BCUT2D eigenvalue weighted by molar-refractivity contribution is -0.268. The maximum Gasteiger partial charge on any atom is 0.418 e. The summed E-state index contributed by atoms with van der Waals surface area (Å²) < 4.78 is 37.9. The number of alkyl halides is 3. The van der Waals surface area contributed by atoms with Gasteiger partial charge in [-0.2, -0.15) is 13.2 Å². The van der Waals surface area contributed by atoms with E-state index in [4.69, 9.17) is 0 Å². The first-order valence-electron chi connectivity index (χ1n) is 4.98. The lowest BCUT2D eigenvalue weighted by Gasteiger charge is -2.38. The zero-order valence-electron chi connectivity index (χ0n) is 7.85. The molecule has 0 aliphatic carbocycles. The molecular formula is C9H14F3NO. The third-order valence-electron chi connectivity index (χ3n) is 3.44. The highest BCUT2D eigenvalue weighted by Gasteiger charge is 2.62. The van der Waals surface area contributed by atoms with Crippen molar-refractivity contribution in [2.24, 2.45) is 0 Å². The van der Waals surface area contributed by atoms with Crippen LogP contribution < -0.4 is 0 Å². The summed E-state index contributed by atoms with van der Waals surface area (Å²) in [5.41, 5.74) is -2.45. The molecule has 2 heterocycles. The highest BCUT2D eigenvalue weighted by Crippen LogP contribution is 2.45. The molecule has 0 aromatic heterocycles. The monoisotopic (exact) mass is 209 g/mol. The van der Waals surface area contributed by atoms with E-state index in [9.17, 15) is 18.3 Å². The van der Waals surface area contributed by atoms with Crippen LogP contribution in [0.2, 0.25) is 0 Å². The summed E-state index contributed by atoms with van der Waals surface area (Å²) in [5.74, 6) is 0. The van der Waals surface area contributed by atoms with Gasteiger partial charge in [0.25, 0.3) is 0 Å². The van der Waals surface area contributed by atoms with Crippen LogP contribution in [0.1, 0.15) is 25.7 Å². The van der Waals surface area contributed by atoms with Crippen molar-refractivity contribution in [1.29, 1.82) is 0 Å². The fraction of sp³-hybridized carbons (Fsp3) is 1.00. The molecule has 0 amide bonds. The molecule has 2 aliphatic rings. The normalized spacial score (nSPS) is 39.9. The van der Waals surface area contributed by atoms with Crippen LogP contribution in [0.15, 0.2) is 0 Å². The highest BCUT2D eigenvalue weighted by atomic mass is 19.4. The van der Waals surface area contributed by atoms with Crippen molar-refractivity contribution in [3.05, 3.63) is 0 Å². The Morgan fingerprint density at radius 3 is 2.57 bits per heavy atom. The van der Waals surface area contributed by atoms with E-state index in [2.05, 4.69) is 0 Å². The van der Waals surface area contributed by atoms with Gasteiger partial charge in [0.15, 0.2) is 5.60 Å². The van der Waals surface area contributed by atoms with E-state index in [1.54, 1.807) is 4.90 Å². The molecule has 5 heteroatoms. The van der Waals surface area contributed by atoms with Crippen molar-refractivity contribution >= 4 is 0 Å². The number of halogens is 3. The van der Waals surface area contributed by atoms with Crippen LogP contribution in [-0.2, 0) is 0 Å². The van der Waals surface area contributed by atoms with Crippen molar-refractivity contribution in [2.45, 2.75) is 43.5 Å². The third kappa shape index (κ3) is 1.34. The fourth-order valence-electron chi connectivity index (χ4n) is 2.61. The first-order chi connectivity index (χ1) is 6.45. The minimum atomic E-state index is -4.48. The fourth-order valence-corrected chi connectivity index (χ4v) is 2.61. The number of fused-ring (bicyclic) bond motifs is 1. The first kappa shape index (κ1) is 10.2. The second-order valence-electron chi connectivity index (χ2n) is 4.22. The molecule has 0 spiro atoms. The van der Waals surface area contributed by atoms with Gasteiger partial charge in [-0.05, 0) is 25.8 Å². The van der Waals surface area contributed by atoms with Crippen LogP contribution >= 0.6 is 0 Å². The molecule has 2 unspecified atom stereocenters. The molecule has 0 bridgehead atoms. The smallest absolute Gasteiger partial charge is 0.379 e. The molecule has 2 nitrogen and oxygen atoms in total. The molecule has 0 saturated carbocycles. The Labute approximate surface area is 80.7 Å². The number of nitrogens with zero attached hydrogens (tertiary/aromatic N) is 1. The van der Waals surface area contributed by atoms with Crippen LogP contribution in [0.25, 0.3) is 0 Å². The van der Waals surface area contributed by atoms with Crippen molar-refractivity contribution < 1.29 is 18.3 Å². The van der Waals surface area contributed by atoms with Gasteiger partial charge in [-0.15, -0.1) is 0 Å². The first-order valence-corrected chi connectivity index (χ1v) is 4.98. The van der Waals surface area contributed by atoms with Gasteiger partial charge in [0, 0.05) is 12.6 Å². The topological polar surface area (TPSA) is 23.5 Å². The molecular weight excluding hydrogens is 195 g/mol. The number of piperidine rings is 1. The standard InChI is InChI=1S/C9H14F3NO/c10-9(11,12)8(14)4-6-13-5-2-1-3-7(8)13/h7,14H,1-6H2. The number of hydrogen-bond acceptors (Lipinski definition) is 2. The van der Waals surface area contributed by atoms with Gasteiger partial charge < -0.3 is 5.11 Å². The van der Waals surface area contributed by atoms with Gasteiger partial charge in [-0.25, -0.2) is 0 Å². The van der Waals surface area contributed by atoms with E-state index in [1.165, 1.54) is 0 Å². The van der Waals surface area contributed by atoms with Crippen molar-refractivity contribution in [3.8, 4) is 0 Å². The van der Waals surface area contributed by atoms with E-state index in [0.29, 0.717) is 19.5 Å². The van der Waals surface area contributed by atoms with Crippen LogP contribution in [0, 0.1) is 0 Å².